The summed E-state index contributed by atoms with van der Waals surface area (Å²) in [5.41, 5.74) is 0. The van der Waals surface area contributed by atoms with Crippen molar-refractivity contribution in [1.82, 2.24) is 5.32 Å². The van der Waals surface area contributed by atoms with E-state index in [0.29, 0.717) is 0 Å². The molecule has 0 aromatic rings. The van der Waals surface area contributed by atoms with Crippen LogP contribution in [0.1, 0.15) is 6.92 Å². The average Bonchev–Trinajstić information content (AvgIpc) is 2.16. The molecule has 0 fully saturated rings. The summed E-state index contributed by atoms with van der Waals surface area (Å²) in [7, 11) is 0.782. The molecule has 0 atom stereocenters. The number of carbonyl (C=O) groups excluding carboxylic acids is 1. The Balaban J connectivity index is 4.75. The Morgan fingerprint density at radius 2 is 1.85 bits per heavy atom. The lowest BCUT2D eigenvalue weighted by Crippen LogP contribution is -2.15. The minimum atomic E-state index is -3.24. The van der Waals surface area contributed by atoms with E-state index in [9.17, 15) is 9.36 Å². The van der Waals surface area contributed by atoms with Gasteiger partial charge in [-0.2, -0.15) is 0 Å². The molecule has 0 radical (unpaired) electrons. The maximum absolute atomic E-state index is 11.6. The van der Waals surface area contributed by atoms with Gasteiger partial charge in [0.05, 0.1) is 0 Å². The Morgan fingerprint density at radius 1 is 1.38 bits per heavy atom. The predicted octanol–water partition coefficient (Wildman–Crippen LogP) is 1.12. The zero-order valence-corrected chi connectivity index (χ0v) is 9.05. The highest BCUT2D eigenvalue weighted by Gasteiger charge is 2.24. The molecule has 6 heteroatoms. The van der Waals surface area contributed by atoms with Gasteiger partial charge in [-0.3, -0.25) is 9.36 Å². The third-order valence-electron chi connectivity index (χ3n) is 1.50. The maximum atomic E-state index is 11.6. The van der Waals surface area contributed by atoms with Gasteiger partial charge in [0, 0.05) is 32.7 Å². The Labute approximate surface area is 77.6 Å². The van der Waals surface area contributed by atoms with Crippen molar-refractivity contribution in [3.05, 3.63) is 11.4 Å². The fourth-order valence-electron chi connectivity index (χ4n) is 0.703. The van der Waals surface area contributed by atoms with E-state index in [0.717, 1.165) is 0 Å². The fraction of sp³-hybridized carbons (Fsp3) is 0.571. The third-order valence-corrected chi connectivity index (χ3v) is 3.45. The lowest BCUT2D eigenvalue weighted by atomic mass is 10.5. The monoisotopic (exact) mass is 207 g/mol. The van der Waals surface area contributed by atoms with Crippen LogP contribution in [0, 0.1) is 0 Å². The molecular formula is C7H14NO4P. The summed E-state index contributed by atoms with van der Waals surface area (Å²) in [6.07, 6.45) is 1.19. The highest BCUT2D eigenvalue weighted by molar-refractivity contribution is 7.58. The van der Waals surface area contributed by atoms with E-state index in [1.165, 1.54) is 34.3 Å². The van der Waals surface area contributed by atoms with Gasteiger partial charge in [-0.05, 0) is 6.92 Å². The SMILES string of the molecule is CNC(=O)/C=C(\C)P(=O)(OC)OC. The second-order valence-corrected chi connectivity index (χ2v) is 4.69. The van der Waals surface area contributed by atoms with Crippen molar-refractivity contribution >= 4 is 13.5 Å². The molecule has 13 heavy (non-hydrogen) atoms. The molecule has 1 amide bonds. The Bertz CT molecular complexity index is 253. The van der Waals surface area contributed by atoms with Crippen molar-refractivity contribution in [3.63, 3.8) is 0 Å². The first-order chi connectivity index (χ1) is 6.00. The van der Waals surface area contributed by atoms with Gasteiger partial charge in [0.25, 0.3) is 0 Å². The quantitative estimate of drug-likeness (QED) is 0.554. The second-order valence-electron chi connectivity index (χ2n) is 2.26. The Hall–Kier alpha value is -0.640. The number of amides is 1. The molecule has 0 aromatic carbocycles. The number of rotatable bonds is 4. The van der Waals surface area contributed by atoms with E-state index < -0.39 is 7.60 Å². The number of nitrogens with one attached hydrogen (secondary N) is 1. The topological polar surface area (TPSA) is 64.6 Å². The van der Waals surface area contributed by atoms with Crippen molar-refractivity contribution in [1.29, 1.82) is 0 Å². The zero-order valence-electron chi connectivity index (χ0n) is 8.16. The molecule has 1 N–H and O–H groups in total. The van der Waals surface area contributed by atoms with E-state index in [1.54, 1.807) is 0 Å². The first-order valence-corrected chi connectivity index (χ1v) is 5.16. The minimum absolute atomic E-state index is 0.275. The molecule has 0 bridgehead atoms. The van der Waals surface area contributed by atoms with Crippen LogP contribution in [0.25, 0.3) is 0 Å². The van der Waals surface area contributed by atoms with Crippen LogP contribution in [-0.4, -0.2) is 27.2 Å². The molecular weight excluding hydrogens is 193 g/mol. The van der Waals surface area contributed by atoms with E-state index in [-0.39, 0.29) is 11.2 Å². The molecule has 0 aliphatic carbocycles. The number of carbonyl (C=O) groups is 1. The van der Waals surface area contributed by atoms with E-state index in [2.05, 4.69) is 14.4 Å². The van der Waals surface area contributed by atoms with Gasteiger partial charge in [0.2, 0.25) is 5.91 Å². The van der Waals surface area contributed by atoms with Gasteiger partial charge < -0.3 is 14.4 Å². The van der Waals surface area contributed by atoms with Gasteiger partial charge in [0.15, 0.2) is 0 Å². The maximum Gasteiger partial charge on any atom is 0.356 e. The minimum Gasteiger partial charge on any atom is -0.356 e. The van der Waals surface area contributed by atoms with Gasteiger partial charge in [-0.25, -0.2) is 0 Å². The summed E-state index contributed by atoms with van der Waals surface area (Å²) in [5, 5.41) is 2.64. The van der Waals surface area contributed by atoms with E-state index >= 15 is 0 Å². The van der Waals surface area contributed by atoms with Gasteiger partial charge in [0.1, 0.15) is 0 Å². The molecule has 0 aromatic heterocycles. The summed E-state index contributed by atoms with van der Waals surface area (Å²) in [5.74, 6) is -0.341. The van der Waals surface area contributed by atoms with Crippen LogP contribution < -0.4 is 5.32 Å². The lowest BCUT2D eigenvalue weighted by molar-refractivity contribution is -0.116. The lowest BCUT2D eigenvalue weighted by Gasteiger charge is -2.13. The summed E-state index contributed by atoms with van der Waals surface area (Å²) in [6, 6.07) is 0. The molecule has 0 saturated heterocycles. The smallest absolute Gasteiger partial charge is 0.356 e. The Kier molecular flexibility index (Phi) is 4.91. The summed E-state index contributed by atoms with van der Waals surface area (Å²) < 4.78 is 21.0. The first-order valence-electron chi connectivity index (χ1n) is 3.62. The van der Waals surface area contributed by atoms with Crippen LogP contribution >= 0.6 is 7.60 Å². The van der Waals surface area contributed by atoms with E-state index in [1.807, 2.05) is 0 Å². The van der Waals surface area contributed by atoms with Gasteiger partial charge in [-0.15, -0.1) is 0 Å². The predicted molar refractivity (Wildman–Crippen MR) is 49.4 cm³/mol. The van der Waals surface area contributed by atoms with E-state index in [4.69, 9.17) is 0 Å². The molecule has 0 heterocycles. The zero-order chi connectivity index (χ0) is 10.5. The molecule has 0 aliphatic rings. The number of hydrogen-bond acceptors (Lipinski definition) is 4. The molecule has 0 spiro atoms. The standard InChI is InChI=1S/C7H14NO4P/c1-6(5-7(9)8-2)13(10,11-3)12-4/h5H,1-4H3,(H,8,9)/b6-5+. The molecule has 5 nitrogen and oxygen atoms in total. The second kappa shape index (κ2) is 5.17. The van der Waals surface area contributed by atoms with Crippen LogP contribution in [0.5, 0.6) is 0 Å². The first kappa shape index (κ1) is 12.4. The Morgan fingerprint density at radius 3 is 2.15 bits per heavy atom. The number of hydrogen-bond donors (Lipinski definition) is 1. The molecule has 0 aliphatic heterocycles. The molecule has 0 unspecified atom stereocenters. The van der Waals surface area contributed by atoms with Gasteiger partial charge in [-0.1, -0.05) is 0 Å². The molecule has 0 rings (SSSR count). The van der Waals surface area contributed by atoms with Crippen molar-refractivity contribution in [2.75, 3.05) is 21.3 Å². The van der Waals surface area contributed by atoms with Crippen LogP contribution in [0.4, 0.5) is 0 Å². The summed E-state index contributed by atoms with van der Waals surface area (Å²) in [4.78, 5) is 10.9. The average molecular weight is 207 g/mol. The van der Waals surface area contributed by atoms with Crippen LogP contribution in [0.3, 0.4) is 0 Å². The summed E-state index contributed by atoms with van der Waals surface area (Å²) >= 11 is 0. The van der Waals surface area contributed by atoms with Crippen LogP contribution in [0.2, 0.25) is 0 Å². The highest BCUT2D eigenvalue weighted by Crippen LogP contribution is 2.54. The number of allylic oxidation sites excluding steroid dienone is 1. The number of likely N-dealkylation sites (N-methyl/N-ethyl adjacent to an activating group) is 1. The normalized spacial score (nSPS) is 12.8. The van der Waals surface area contributed by atoms with Crippen molar-refractivity contribution in [2.24, 2.45) is 0 Å². The fourth-order valence-corrected chi connectivity index (χ4v) is 1.70. The van der Waals surface area contributed by atoms with Crippen molar-refractivity contribution in [3.8, 4) is 0 Å². The van der Waals surface area contributed by atoms with Gasteiger partial charge >= 0.3 is 7.60 Å². The van der Waals surface area contributed by atoms with Crippen molar-refractivity contribution in [2.45, 2.75) is 6.92 Å². The van der Waals surface area contributed by atoms with Crippen molar-refractivity contribution < 1.29 is 18.4 Å². The molecule has 76 valence electrons. The highest BCUT2D eigenvalue weighted by atomic mass is 31.2. The molecule has 0 saturated carbocycles. The third kappa shape index (κ3) is 3.30. The van der Waals surface area contributed by atoms with Crippen LogP contribution in [0.15, 0.2) is 11.4 Å². The van der Waals surface area contributed by atoms with Crippen LogP contribution in [-0.2, 0) is 18.4 Å². The summed E-state index contributed by atoms with van der Waals surface area (Å²) in [6.45, 7) is 1.52. The largest absolute Gasteiger partial charge is 0.356 e.